The van der Waals surface area contributed by atoms with Crippen LogP contribution in [0.1, 0.15) is 0 Å². The number of aliphatic carboxylic acids is 1. The van der Waals surface area contributed by atoms with Crippen molar-refractivity contribution in [1.29, 1.82) is 0 Å². The summed E-state index contributed by atoms with van der Waals surface area (Å²) in [7, 11) is 0. The minimum absolute atomic E-state index is 0.00231. The van der Waals surface area contributed by atoms with Crippen LogP contribution in [0.3, 0.4) is 0 Å². The zero-order valence-electron chi connectivity index (χ0n) is 7.59. The number of carboxylic acid groups (broad SMARTS) is 1. The van der Waals surface area contributed by atoms with Crippen molar-refractivity contribution in [3.8, 4) is 0 Å². The van der Waals surface area contributed by atoms with E-state index >= 15 is 0 Å². The maximum absolute atomic E-state index is 11.7. The highest BCUT2D eigenvalue weighted by Gasteiger charge is 2.28. The van der Waals surface area contributed by atoms with Crippen molar-refractivity contribution in [3.63, 3.8) is 0 Å². The molecule has 1 aromatic carbocycles. The summed E-state index contributed by atoms with van der Waals surface area (Å²) in [5, 5.41) is 7.16. The molecule has 0 atom stereocenters. The smallest absolute Gasteiger partial charge is 0.430 e. The molecule has 1 aromatic rings. The molecule has 1 rings (SSSR count). The second kappa shape index (κ2) is 6.01. The van der Waals surface area contributed by atoms with Crippen molar-refractivity contribution in [2.75, 3.05) is 0 Å². The van der Waals surface area contributed by atoms with E-state index in [9.17, 15) is 22.1 Å². The highest BCUT2D eigenvalue weighted by molar-refractivity contribution is 5.70. The molecule has 16 heavy (non-hydrogen) atoms. The summed E-state index contributed by atoms with van der Waals surface area (Å²) >= 11 is 0. The maximum atomic E-state index is 11.7. The fourth-order valence-corrected chi connectivity index (χ4v) is 0.564. The molecule has 0 aliphatic carbocycles. The lowest BCUT2D eigenvalue weighted by molar-refractivity contribution is -1.11. The van der Waals surface area contributed by atoms with E-state index in [1.165, 1.54) is 12.1 Å². The van der Waals surface area contributed by atoms with Gasteiger partial charge >= 0.3 is 6.18 Å². The average molecular weight is 243 g/mol. The molecular weight excluding hydrogens is 237 g/mol. The second-order valence-electron chi connectivity index (χ2n) is 2.41. The van der Waals surface area contributed by atoms with Crippen LogP contribution >= 0.6 is 0 Å². The average Bonchev–Trinajstić information content (AvgIpc) is 2.18. The Morgan fingerprint density at radius 3 is 1.69 bits per heavy atom. The Kier molecular flexibility index (Phi) is 5.37. The molecular formula is C8H6F5NO2. The summed E-state index contributed by atoms with van der Waals surface area (Å²) in [5.41, 5.74) is -0.00231. The van der Waals surface area contributed by atoms with Gasteiger partial charge in [-0.1, -0.05) is 18.2 Å². The van der Waals surface area contributed by atoms with Gasteiger partial charge in [-0.25, -0.2) is 0 Å². The molecule has 0 spiro atoms. The molecule has 0 aliphatic rings. The molecule has 0 amide bonds. The third-order valence-electron chi connectivity index (χ3n) is 1.22. The van der Waals surface area contributed by atoms with Crippen molar-refractivity contribution in [3.05, 3.63) is 30.3 Å². The van der Waals surface area contributed by atoms with Gasteiger partial charge in [-0.2, -0.15) is 13.2 Å². The normalized spacial score (nSPS) is 10.6. The summed E-state index contributed by atoms with van der Waals surface area (Å²) in [6.07, 6.45) is -5.19. The van der Waals surface area contributed by atoms with E-state index in [4.69, 9.17) is 9.90 Å². The Balaban J connectivity index is 0.000000293. The predicted octanol–water partition coefficient (Wildman–Crippen LogP) is 0.271. The minimum atomic E-state index is -5.19. The summed E-state index contributed by atoms with van der Waals surface area (Å²) in [6, 6.07) is 7.60. The fourth-order valence-electron chi connectivity index (χ4n) is 0.564. The lowest BCUT2D eigenvalue weighted by Gasteiger charge is -2.03. The topological polar surface area (TPSA) is 44.6 Å². The summed E-state index contributed by atoms with van der Waals surface area (Å²) in [5.74, 6) is -3.01. The Bertz CT molecular complexity index is 325. The van der Waals surface area contributed by atoms with Crippen molar-refractivity contribution in [1.82, 2.24) is 0 Å². The van der Waals surface area contributed by atoms with Gasteiger partial charge in [0, 0.05) is 21.1 Å². The number of halogens is 5. The third-order valence-corrected chi connectivity index (χ3v) is 1.22. The Labute approximate surface area is 86.6 Å². The van der Waals surface area contributed by atoms with E-state index < -0.39 is 17.5 Å². The zero-order chi connectivity index (χ0) is 12.8. The number of alkyl halides is 3. The van der Waals surface area contributed by atoms with Crippen LogP contribution in [-0.4, -0.2) is 12.1 Å². The molecule has 0 bridgehead atoms. The quantitative estimate of drug-likeness (QED) is 0.568. The number of hydrogen-bond acceptors (Lipinski definition) is 2. The van der Waals surface area contributed by atoms with Gasteiger partial charge in [0.1, 0.15) is 5.97 Å². The summed E-state index contributed by atoms with van der Waals surface area (Å²) in [4.78, 5) is 8.78. The van der Waals surface area contributed by atoms with Crippen LogP contribution in [0.4, 0.5) is 27.8 Å². The van der Waals surface area contributed by atoms with Gasteiger partial charge in [-0.05, 0) is 0 Å². The first-order valence-electron chi connectivity index (χ1n) is 3.76. The lowest BCUT2D eigenvalue weighted by Crippen LogP contribution is -2.90. The van der Waals surface area contributed by atoms with Gasteiger partial charge < -0.3 is 9.90 Å². The number of benzene rings is 1. The molecule has 0 unspecified atom stereocenters. The molecule has 0 aliphatic heterocycles. The Morgan fingerprint density at radius 2 is 1.50 bits per heavy atom. The van der Waals surface area contributed by atoms with Crippen LogP contribution < -0.4 is 10.5 Å². The van der Waals surface area contributed by atoms with Crippen LogP contribution in [-0.2, 0) is 4.79 Å². The maximum Gasteiger partial charge on any atom is 0.430 e. The highest BCUT2D eigenvalue weighted by atomic mass is 19.4. The Hall–Kier alpha value is -1.70. The molecule has 90 valence electrons. The van der Waals surface area contributed by atoms with Gasteiger partial charge in [0.25, 0.3) is 0 Å². The third kappa shape index (κ3) is 5.91. The first kappa shape index (κ1) is 14.3. The molecule has 0 aromatic heterocycles. The number of quaternary nitrogens is 1. The fraction of sp³-hybridized carbons (Fsp3) is 0.125. The molecule has 0 fully saturated rings. The lowest BCUT2D eigenvalue weighted by atomic mass is 10.3. The molecule has 0 saturated heterocycles. The van der Waals surface area contributed by atoms with Crippen molar-refractivity contribution < 1.29 is 37.4 Å². The van der Waals surface area contributed by atoms with Crippen LogP contribution in [0.5, 0.6) is 0 Å². The predicted molar refractivity (Wildman–Crippen MR) is 40.3 cm³/mol. The van der Waals surface area contributed by atoms with Crippen molar-refractivity contribution in [2.45, 2.75) is 6.18 Å². The Morgan fingerprint density at radius 1 is 1.12 bits per heavy atom. The van der Waals surface area contributed by atoms with E-state index in [2.05, 4.69) is 0 Å². The van der Waals surface area contributed by atoms with Crippen LogP contribution in [0, 0.1) is 0 Å². The number of hydrogen-bond donors (Lipinski definition) is 1. The standard InChI is InChI=1S/C6H5F2N.C2HF3O2/c7-9(8)6-4-2-1-3-5-6;3-2(4,5)1(6)7/h1-5H;(H,6,7). The van der Waals surface area contributed by atoms with Crippen LogP contribution in [0.15, 0.2) is 30.3 Å². The van der Waals surface area contributed by atoms with Gasteiger partial charge in [0.05, 0.1) is 5.34 Å². The van der Waals surface area contributed by atoms with Gasteiger partial charge in [-0.3, -0.25) is 0 Å². The van der Waals surface area contributed by atoms with E-state index in [0.717, 1.165) is 0 Å². The van der Waals surface area contributed by atoms with Gasteiger partial charge in [0.2, 0.25) is 5.69 Å². The summed E-state index contributed by atoms with van der Waals surface area (Å²) < 4.78 is 54.9. The minimum Gasteiger partial charge on any atom is -0.542 e. The molecule has 0 radical (unpaired) electrons. The van der Waals surface area contributed by atoms with Crippen molar-refractivity contribution >= 4 is 11.7 Å². The summed E-state index contributed by atoms with van der Waals surface area (Å²) in [6.45, 7) is 0. The van der Waals surface area contributed by atoms with Crippen molar-refractivity contribution in [2.24, 2.45) is 0 Å². The van der Waals surface area contributed by atoms with Crippen LogP contribution in [0.25, 0.3) is 0 Å². The molecule has 8 heteroatoms. The SMILES string of the molecule is F[NH+](F)c1ccccc1.O=C([O-])C(F)(F)F. The van der Waals surface area contributed by atoms with Gasteiger partial charge in [0.15, 0.2) is 0 Å². The molecule has 0 saturated carbocycles. The van der Waals surface area contributed by atoms with E-state index in [-0.39, 0.29) is 5.69 Å². The number of carbonyl (C=O) groups is 1. The molecule has 1 N–H and O–H groups in total. The number of carboxylic acids is 1. The van der Waals surface area contributed by atoms with E-state index in [1.807, 2.05) is 0 Å². The first-order valence-corrected chi connectivity index (χ1v) is 3.76. The van der Waals surface area contributed by atoms with E-state index in [1.54, 1.807) is 18.2 Å². The first-order chi connectivity index (χ1) is 7.25. The molecule has 3 nitrogen and oxygen atoms in total. The number of carbonyl (C=O) groups excluding carboxylic acids is 1. The monoisotopic (exact) mass is 243 g/mol. The van der Waals surface area contributed by atoms with Crippen LogP contribution in [0.2, 0.25) is 0 Å². The number of nitrogens with one attached hydrogen (secondary N) is 1. The van der Waals surface area contributed by atoms with E-state index in [0.29, 0.717) is 0 Å². The number of rotatable bonds is 1. The highest BCUT2D eigenvalue weighted by Crippen LogP contribution is 2.11. The molecule has 0 heterocycles. The largest absolute Gasteiger partial charge is 0.542 e. The second-order valence-corrected chi connectivity index (χ2v) is 2.41. The van der Waals surface area contributed by atoms with Gasteiger partial charge in [-0.15, -0.1) is 0 Å². The zero-order valence-corrected chi connectivity index (χ0v) is 7.59.